The number of amides is 6. The van der Waals surface area contributed by atoms with Crippen LogP contribution in [0.5, 0.6) is 0 Å². The van der Waals surface area contributed by atoms with Crippen LogP contribution in [0.2, 0.25) is 0 Å². The summed E-state index contributed by atoms with van der Waals surface area (Å²) in [6, 6.07) is 3.87. The Bertz CT molecular complexity index is 1500. The normalized spacial score (nSPS) is 21.8. The van der Waals surface area contributed by atoms with E-state index in [1.165, 1.54) is 6.08 Å². The predicted octanol–water partition coefficient (Wildman–Crippen LogP) is 3.26. The molecule has 2 aliphatic carbocycles. The molecule has 1 heterocycles. The van der Waals surface area contributed by atoms with Gasteiger partial charge in [-0.2, -0.15) is 0 Å². The van der Waals surface area contributed by atoms with Crippen LogP contribution in [0, 0.1) is 28.6 Å². The number of rotatable bonds is 16. The monoisotopic (exact) mass is 722 g/mol. The number of hydrogen-bond acceptors (Lipinski definition) is 7. The Morgan fingerprint density at radius 2 is 1.65 bits per heavy atom. The van der Waals surface area contributed by atoms with Crippen molar-refractivity contribution >= 4 is 35.6 Å². The minimum Gasteiger partial charge on any atom is -0.447 e. The zero-order valence-electron chi connectivity index (χ0n) is 31.8. The van der Waals surface area contributed by atoms with Crippen LogP contribution in [-0.2, 0) is 36.8 Å². The van der Waals surface area contributed by atoms with Gasteiger partial charge in [-0.25, -0.2) is 9.59 Å². The Morgan fingerprint density at radius 1 is 1.00 bits per heavy atom. The van der Waals surface area contributed by atoms with E-state index < -0.39 is 59.3 Å². The van der Waals surface area contributed by atoms with Crippen LogP contribution in [0.15, 0.2) is 36.9 Å². The van der Waals surface area contributed by atoms with Gasteiger partial charge in [0.05, 0.1) is 12.1 Å². The average Bonchev–Trinajstić information content (AvgIpc) is 3.44. The number of ketones is 1. The number of fused-ring (bicyclic) bond motifs is 2. The zero-order valence-corrected chi connectivity index (χ0v) is 31.8. The number of benzene rings is 1. The standard InChI is InChI=1S/C39H58N6O7/c1-9-12-17-27(32(46)34(48)41-18-10-2)42-33(47)31-29-26(39(29,7)8)21-45(31)35(49)30(25-19-23-15-13-14-16-24(23)20-25)44-36(50)43-28(38(4,5)6)22-52-37(51)40-11-3/h10,13-16,25-31H,2,9,11-12,17-22H2,1,3-8H3,(H,40,51)(H,41,48)(H,42,47)(H2,43,44,50)/t26-,27?,28+,29-,30-,31?/m0/s1. The minimum absolute atomic E-state index is 0.0554. The lowest BCUT2D eigenvalue weighted by molar-refractivity contribution is -0.144. The number of unbranched alkanes of at least 4 members (excludes halogenated alkanes) is 1. The van der Waals surface area contributed by atoms with Crippen molar-refractivity contribution in [2.45, 2.75) is 105 Å². The van der Waals surface area contributed by atoms with E-state index in [0.717, 1.165) is 17.5 Å². The second-order valence-electron chi connectivity index (χ2n) is 16.0. The maximum absolute atomic E-state index is 14.8. The average molecular weight is 723 g/mol. The van der Waals surface area contributed by atoms with Gasteiger partial charge in [0.25, 0.3) is 5.91 Å². The Balaban J connectivity index is 1.59. The highest BCUT2D eigenvalue weighted by Crippen LogP contribution is 2.65. The molecule has 1 aliphatic heterocycles. The lowest BCUT2D eigenvalue weighted by Gasteiger charge is -2.36. The molecule has 0 radical (unpaired) electrons. The SMILES string of the molecule is C=CCNC(=O)C(=O)C(CCCC)NC(=O)C1[C@@H]2[C@H](CN1C(=O)[C@@H](NC(=O)N[C@H](COC(=O)NCC)C(C)(C)C)C1Cc3ccccc3C1)C2(C)C. The first-order chi connectivity index (χ1) is 24.5. The summed E-state index contributed by atoms with van der Waals surface area (Å²) in [6.45, 7) is 18.0. The molecule has 13 nitrogen and oxygen atoms in total. The van der Waals surface area contributed by atoms with Gasteiger partial charge in [-0.1, -0.05) is 84.7 Å². The van der Waals surface area contributed by atoms with Gasteiger partial charge < -0.3 is 36.2 Å². The molecule has 4 rings (SSSR count). The van der Waals surface area contributed by atoms with Gasteiger partial charge in [-0.15, -0.1) is 6.58 Å². The number of piperidine rings is 1. The Kier molecular flexibility index (Phi) is 13.1. The number of alkyl carbamates (subject to hydrolysis) is 1. The first-order valence-electron chi connectivity index (χ1n) is 18.6. The molecule has 1 aromatic rings. The zero-order chi connectivity index (χ0) is 38.4. The molecule has 13 heteroatoms. The maximum atomic E-state index is 14.8. The molecule has 0 bridgehead atoms. The summed E-state index contributed by atoms with van der Waals surface area (Å²) in [4.78, 5) is 82.2. The summed E-state index contributed by atoms with van der Waals surface area (Å²) in [5.74, 6) is -2.77. The van der Waals surface area contributed by atoms with E-state index in [0.29, 0.717) is 32.4 Å². The van der Waals surface area contributed by atoms with Crippen molar-refractivity contribution in [2.24, 2.45) is 28.6 Å². The summed E-state index contributed by atoms with van der Waals surface area (Å²) >= 11 is 0. The molecule has 6 amide bonds. The second-order valence-corrected chi connectivity index (χ2v) is 16.0. The van der Waals surface area contributed by atoms with Crippen molar-refractivity contribution in [2.75, 3.05) is 26.2 Å². The minimum atomic E-state index is -1.05. The van der Waals surface area contributed by atoms with Crippen molar-refractivity contribution in [1.82, 2.24) is 31.5 Å². The number of nitrogens with zero attached hydrogens (tertiary/aromatic N) is 1. The van der Waals surface area contributed by atoms with Crippen LogP contribution in [0.25, 0.3) is 0 Å². The van der Waals surface area contributed by atoms with Crippen molar-refractivity contribution in [3.8, 4) is 0 Å². The molecule has 0 spiro atoms. The van der Waals surface area contributed by atoms with Gasteiger partial charge in [0.1, 0.15) is 18.7 Å². The third-order valence-corrected chi connectivity index (χ3v) is 11.0. The largest absolute Gasteiger partial charge is 0.447 e. The maximum Gasteiger partial charge on any atom is 0.407 e. The quantitative estimate of drug-likeness (QED) is 0.129. The number of nitrogens with one attached hydrogen (secondary N) is 5. The molecule has 1 saturated heterocycles. The highest BCUT2D eigenvalue weighted by atomic mass is 16.5. The number of urea groups is 1. The van der Waals surface area contributed by atoms with Gasteiger partial charge in [0.15, 0.2) is 0 Å². The van der Waals surface area contributed by atoms with Crippen LogP contribution in [-0.4, -0.2) is 90.9 Å². The fourth-order valence-electron chi connectivity index (χ4n) is 7.75. The number of carbonyl (C=O) groups excluding carboxylic acids is 6. The summed E-state index contributed by atoms with van der Waals surface area (Å²) in [7, 11) is 0. The number of hydrogen-bond donors (Lipinski definition) is 5. The molecule has 52 heavy (non-hydrogen) atoms. The molecule has 1 saturated carbocycles. The predicted molar refractivity (Wildman–Crippen MR) is 197 cm³/mol. The second kappa shape index (κ2) is 16.9. The van der Waals surface area contributed by atoms with Crippen LogP contribution >= 0.6 is 0 Å². The van der Waals surface area contributed by atoms with E-state index in [9.17, 15) is 28.8 Å². The summed E-state index contributed by atoms with van der Waals surface area (Å²) < 4.78 is 5.37. The topological polar surface area (TPSA) is 175 Å². The first-order valence-corrected chi connectivity index (χ1v) is 18.6. The van der Waals surface area contributed by atoms with Crippen molar-refractivity contribution in [3.05, 3.63) is 48.0 Å². The van der Waals surface area contributed by atoms with E-state index in [1.54, 1.807) is 11.8 Å². The van der Waals surface area contributed by atoms with E-state index >= 15 is 0 Å². The fraction of sp³-hybridized carbons (Fsp3) is 0.641. The van der Waals surface area contributed by atoms with Gasteiger partial charge in [0, 0.05) is 19.6 Å². The molecule has 5 N–H and O–H groups in total. The smallest absolute Gasteiger partial charge is 0.407 e. The van der Waals surface area contributed by atoms with E-state index in [1.807, 2.05) is 52.0 Å². The molecule has 0 aromatic heterocycles. The van der Waals surface area contributed by atoms with Crippen LogP contribution in [0.4, 0.5) is 9.59 Å². The highest BCUT2D eigenvalue weighted by molar-refractivity contribution is 6.38. The summed E-state index contributed by atoms with van der Waals surface area (Å²) in [5, 5.41) is 13.9. The number of likely N-dealkylation sites (tertiary alicyclic amines) is 1. The third-order valence-electron chi connectivity index (χ3n) is 11.0. The summed E-state index contributed by atoms with van der Waals surface area (Å²) in [6.07, 6.45) is 3.66. The van der Waals surface area contributed by atoms with Crippen LogP contribution in [0.3, 0.4) is 0 Å². The molecule has 2 unspecified atom stereocenters. The van der Waals surface area contributed by atoms with Crippen molar-refractivity contribution in [1.29, 1.82) is 0 Å². The van der Waals surface area contributed by atoms with Crippen LogP contribution < -0.4 is 26.6 Å². The molecule has 2 fully saturated rings. The summed E-state index contributed by atoms with van der Waals surface area (Å²) in [5.41, 5.74) is 1.49. The van der Waals surface area contributed by atoms with Crippen molar-refractivity contribution < 1.29 is 33.5 Å². The Hall–Kier alpha value is -4.42. The van der Waals surface area contributed by atoms with Gasteiger partial charge >= 0.3 is 12.1 Å². The lowest BCUT2D eigenvalue weighted by atomic mass is 9.87. The van der Waals surface area contributed by atoms with E-state index in [-0.39, 0.29) is 48.6 Å². The molecule has 3 aliphatic rings. The number of carbonyl (C=O) groups is 6. The van der Waals surface area contributed by atoms with E-state index in [4.69, 9.17) is 4.74 Å². The number of ether oxygens (including phenoxy) is 1. The van der Waals surface area contributed by atoms with Gasteiger partial charge in [-0.3, -0.25) is 19.2 Å². The molecular formula is C39H58N6O7. The van der Waals surface area contributed by atoms with Gasteiger partial charge in [-0.05, 0) is 65.9 Å². The molecule has 1 aromatic carbocycles. The molecular weight excluding hydrogens is 664 g/mol. The van der Waals surface area contributed by atoms with Crippen molar-refractivity contribution in [3.63, 3.8) is 0 Å². The van der Waals surface area contributed by atoms with E-state index in [2.05, 4.69) is 47.0 Å². The third kappa shape index (κ3) is 9.32. The first kappa shape index (κ1) is 40.4. The van der Waals surface area contributed by atoms with Gasteiger partial charge in [0.2, 0.25) is 17.6 Å². The number of Topliss-reactive ketones (excluding diaryl/α,β-unsaturated/α-hetero) is 1. The molecule has 6 atom stereocenters. The highest BCUT2D eigenvalue weighted by Gasteiger charge is 2.69. The van der Waals surface area contributed by atoms with Crippen LogP contribution in [0.1, 0.15) is 78.9 Å². The molecule has 286 valence electrons. The lowest BCUT2D eigenvalue weighted by Crippen LogP contribution is -2.61. The Morgan fingerprint density at radius 3 is 2.23 bits per heavy atom. The fourth-order valence-corrected chi connectivity index (χ4v) is 7.75. The Labute approximate surface area is 307 Å².